The fourth-order valence-electron chi connectivity index (χ4n) is 3.78. The molecule has 2 aliphatic heterocycles. The van der Waals surface area contributed by atoms with Gasteiger partial charge in [0.1, 0.15) is 18.8 Å². The first-order chi connectivity index (χ1) is 11.8. The molecule has 1 aliphatic carbocycles. The first-order valence-electron chi connectivity index (χ1n) is 8.94. The third-order valence-electron chi connectivity index (χ3n) is 5.16. The van der Waals surface area contributed by atoms with Gasteiger partial charge < -0.3 is 19.9 Å². The number of piperidine rings is 1. The molecule has 0 aromatic carbocycles. The Balaban J connectivity index is 1.31. The highest BCUT2D eigenvalue weighted by Crippen LogP contribution is 2.35. The van der Waals surface area contributed by atoms with Gasteiger partial charge in [0.15, 0.2) is 0 Å². The highest BCUT2D eigenvalue weighted by molar-refractivity contribution is 5.77. The molecular formula is C17H25N5O2. The average Bonchev–Trinajstić information content (AvgIpc) is 3.45. The maximum Gasteiger partial charge on any atom is 0.246 e. The quantitative estimate of drug-likeness (QED) is 0.843. The van der Waals surface area contributed by atoms with E-state index >= 15 is 0 Å². The minimum Gasteiger partial charge on any atom is -0.365 e. The molecule has 1 aromatic rings. The van der Waals surface area contributed by atoms with Crippen molar-refractivity contribution in [2.45, 2.75) is 43.9 Å². The van der Waals surface area contributed by atoms with Crippen molar-refractivity contribution in [1.29, 1.82) is 0 Å². The maximum atomic E-state index is 11.2. The molecule has 0 radical (unpaired) electrons. The highest BCUT2D eigenvalue weighted by Gasteiger charge is 2.36. The van der Waals surface area contributed by atoms with E-state index in [1.807, 2.05) is 12.3 Å². The lowest BCUT2D eigenvalue weighted by Crippen LogP contribution is -2.51. The van der Waals surface area contributed by atoms with Crippen LogP contribution in [-0.4, -0.2) is 71.7 Å². The van der Waals surface area contributed by atoms with Crippen LogP contribution >= 0.6 is 0 Å². The van der Waals surface area contributed by atoms with Crippen LogP contribution in [0, 0.1) is 0 Å². The van der Waals surface area contributed by atoms with Crippen molar-refractivity contribution in [3.8, 4) is 0 Å². The SMILES string of the molecule is O=C1COC(CN2CCC(N(c3ccncn3)C3CC3)CC2)CN1. The van der Waals surface area contributed by atoms with Crippen LogP contribution in [0.15, 0.2) is 18.6 Å². The van der Waals surface area contributed by atoms with Crippen LogP contribution in [-0.2, 0) is 9.53 Å². The summed E-state index contributed by atoms with van der Waals surface area (Å²) in [6, 6.07) is 3.26. The van der Waals surface area contributed by atoms with Gasteiger partial charge in [-0.2, -0.15) is 0 Å². The Bertz CT molecular complexity index is 547. The lowest BCUT2D eigenvalue weighted by molar-refractivity contribution is -0.133. The van der Waals surface area contributed by atoms with Gasteiger partial charge in [-0.1, -0.05) is 0 Å². The molecule has 1 N–H and O–H groups in total. The molecule has 3 heterocycles. The second kappa shape index (κ2) is 7.03. The van der Waals surface area contributed by atoms with Crippen LogP contribution in [0.2, 0.25) is 0 Å². The summed E-state index contributed by atoms with van der Waals surface area (Å²) in [5, 5.41) is 2.88. The lowest BCUT2D eigenvalue weighted by atomic mass is 10.0. The zero-order valence-corrected chi connectivity index (χ0v) is 13.9. The van der Waals surface area contributed by atoms with E-state index in [4.69, 9.17) is 4.74 Å². The number of carbonyl (C=O) groups excluding carboxylic acids is 1. The number of carbonyl (C=O) groups is 1. The van der Waals surface area contributed by atoms with Gasteiger partial charge in [-0.15, -0.1) is 0 Å². The Morgan fingerprint density at radius 1 is 1.25 bits per heavy atom. The number of amides is 1. The van der Waals surface area contributed by atoms with Gasteiger partial charge in [0.2, 0.25) is 5.91 Å². The molecule has 1 aromatic heterocycles. The zero-order valence-electron chi connectivity index (χ0n) is 13.9. The number of ether oxygens (including phenoxy) is 1. The molecule has 1 saturated carbocycles. The van der Waals surface area contributed by atoms with Crippen molar-refractivity contribution < 1.29 is 9.53 Å². The van der Waals surface area contributed by atoms with Crippen LogP contribution < -0.4 is 10.2 Å². The molecule has 0 bridgehead atoms. The van der Waals surface area contributed by atoms with Crippen molar-refractivity contribution >= 4 is 11.7 Å². The summed E-state index contributed by atoms with van der Waals surface area (Å²) in [5.41, 5.74) is 0. The predicted molar refractivity (Wildman–Crippen MR) is 89.7 cm³/mol. The summed E-state index contributed by atoms with van der Waals surface area (Å²) in [4.78, 5) is 24.7. The zero-order chi connectivity index (χ0) is 16.4. The van der Waals surface area contributed by atoms with Gasteiger partial charge in [-0.3, -0.25) is 4.79 Å². The van der Waals surface area contributed by atoms with Crippen LogP contribution in [0.1, 0.15) is 25.7 Å². The van der Waals surface area contributed by atoms with Gasteiger partial charge in [0.05, 0.1) is 6.10 Å². The van der Waals surface area contributed by atoms with Gasteiger partial charge >= 0.3 is 0 Å². The summed E-state index contributed by atoms with van der Waals surface area (Å²) in [7, 11) is 0. The highest BCUT2D eigenvalue weighted by atomic mass is 16.5. The summed E-state index contributed by atoms with van der Waals surface area (Å²) in [6.45, 7) is 3.89. The van der Waals surface area contributed by atoms with E-state index in [0.29, 0.717) is 18.6 Å². The van der Waals surface area contributed by atoms with E-state index in [2.05, 4.69) is 25.1 Å². The molecule has 1 amide bonds. The van der Waals surface area contributed by atoms with Crippen LogP contribution in [0.25, 0.3) is 0 Å². The van der Waals surface area contributed by atoms with Gasteiger partial charge in [0.25, 0.3) is 0 Å². The Hall–Kier alpha value is -1.73. The van der Waals surface area contributed by atoms with Crippen molar-refractivity contribution in [3.05, 3.63) is 18.6 Å². The first-order valence-corrected chi connectivity index (χ1v) is 8.94. The van der Waals surface area contributed by atoms with E-state index in [-0.39, 0.29) is 18.6 Å². The Morgan fingerprint density at radius 3 is 2.67 bits per heavy atom. The maximum absolute atomic E-state index is 11.2. The van der Waals surface area contributed by atoms with Crippen molar-refractivity contribution in [2.24, 2.45) is 0 Å². The minimum absolute atomic E-state index is 0.00474. The molecule has 7 nitrogen and oxygen atoms in total. The largest absolute Gasteiger partial charge is 0.365 e. The number of anilines is 1. The third-order valence-corrected chi connectivity index (χ3v) is 5.16. The number of likely N-dealkylation sites (tertiary alicyclic amines) is 1. The molecule has 1 atom stereocenters. The summed E-state index contributed by atoms with van der Waals surface area (Å²) in [6.07, 6.45) is 8.47. The Labute approximate surface area is 142 Å². The lowest BCUT2D eigenvalue weighted by Gasteiger charge is -2.40. The molecule has 0 spiro atoms. The molecule has 3 fully saturated rings. The monoisotopic (exact) mass is 331 g/mol. The summed E-state index contributed by atoms with van der Waals surface area (Å²) in [5.74, 6) is 1.07. The fraction of sp³-hybridized carbons (Fsp3) is 0.706. The predicted octanol–water partition coefficient (Wildman–Crippen LogP) is 0.425. The van der Waals surface area contributed by atoms with E-state index in [1.54, 1.807) is 6.33 Å². The van der Waals surface area contributed by atoms with E-state index in [0.717, 1.165) is 38.3 Å². The third kappa shape index (κ3) is 3.67. The number of nitrogens with one attached hydrogen (secondary N) is 1. The number of aromatic nitrogens is 2. The van der Waals surface area contributed by atoms with Gasteiger partial charge in [0, 0.05) is 44.5 Å². The topological polar surface area (TPSA) is 70.6 Å². The Morgan fingerprint density at radius 2 is 2.04 bits per heavy atom. The van der Waals surface area contributed by atoms with Crippen molar-refractivity contribution in [1.82, 2.24) is 20.2 Å². The molecule has 2 saturated heterocycles. The molecule has 3 aliphatic rings. The molecule has 130 valence electrons. The molecule has 7 heteroatoms. The molecule has 1 unspecified atom stereocenters. The standard InChI is InChI=1S/C17H25N5O2/c23-17-11-24-15(9-19-17)10-21-7-4-14(5-8-21)22(13-1-2-13)16-3-6-18-12-20-16/h3,6,12-15H,1-2,4-5,7-11H2,(H,19,23). The second-order valence-corrected chi connectivity index (χ2v) is 6.97. The van der Waals surface area contributed by atoms with E-state index in [1.165, 1.54) is 12.8 Å². The van der Waals surface area contributed by atoms with Crippen LogP contribution in [0.3, 0.4) is 0 Å². The number of hydrogen-bond acceptors (Lipinski definition) is 6. The van der Waals surface area contributed by atoms with Gasteiger partial charge in [-0.05, 0) is 31.7 Å². The number of hydrogen-bond donors (Lipinski definition) is 1. The van der Waals surface area contributed by atoms with Crippen LogP contribution in [0.4, 0.5) is 5.82 Å². The van der Waals surface area contributed by atoms with Crippen molar-refractivity contribution in [3.63, 3.8) is 0 Å². The van der Waals surface area contributed by atoms with E-state index in [9.17, 15) is 4.79 Å². The van der Waals surface area contributed by atoms with Gasteiger partial charge in [-0.25, -0.2) is 9.97 Å². The van der Waals surface area contributed by atoms with E-state index < -0.39 is 0 Å². The molecule has 24 heavy (non-hydrogen) atoms. The molecule has 4 rings (SSSR count). The first kappa shape index (κ1) is 15.8. The van der Waals surface area contributed by atoms with Crippen molar-refractivity contribution in [2.75, 3.05) is 37.7 Å². The number of morpholine rings is 1. The number of rotatable bonds is 5. The normalized spacial score (nSPS) is 26.2. The second-order valence-electron chi connectivity index (χ2n) is 6.97. The summed E-state index contributed by atoms with van der Waals surface area (Å²) < 4.78 is 5.60. The summed E-state index contributed by atoms with van der Waals surface area (Å²) >= 11 is 0. The average molecular weight is 331 g/mol. The number of nitrogens with zero attached hydrogens (tertiary/aromatic N) is 4. The fourth-order valence-corrected chi connectivity index (χ4v) is 3.78. The Kier molecular flexibility index (Phi) is 4.62. The molecular weight excluding hydrogens is 306 g/mol. The minimum atomic E-state index is -0.00474. The van der Waals surface area contributed by atoms with Crippen LogP contribution in [0.5, 0.6) is 0 Å². The smallest absolute Gasteiger partial charge is 0.246 e.